The van der Waals surface area contributed by atoms with Crippen LogP contribution in [0.5, 0.6) is 0 Å². The molecule has 0 unspecified atom stereocenters. The highest BCUT2D eigenvalue weighted by Gasteiger charge is 2.06. The molecule has 0 spiro atoms. The topological polar surface area (TPSA) is 70.9 Å². The summed E-state index contributed by atoms with van der Waals surface area (Å²) in [6, 6.07) is 4.56. The molecule has 2 rings (SSSR count). The Bertz CT molecular complexity index is 743. The van der Waals surface area contributed by atoms with Gasteiger partial charge in [0.25, 0.3) is 0 Å². The van der Waals surface area contributed by atoms with E-state index < -0.39 is 0 Å². The highest BCUT2D eigenvalue weighted by atomic mass is 32.2. The van der Waals surface area contributed by atoms with E-state index in [0.717, 1.165) is 5.56 Å². The summed E-state index contributed by atoms with van der Waals surface area (Å²) in [6.45, 7) is -0.0157. The number of thioether (sulfide) groups is 1. The number of aromatic nitrogens is 3. The van der Waals surface area contributed by atoms with Crippen LogP contribution in [0.4, 0.5) is 4.39 Å². The van der Waals surface area contributed by atoms with Crippen molar-refractivity contribution in [2.45, 2.75) is 17.3 Å². The van der Waals surface area contributed by atoms with Gasteiger partial charge in [-0.1, -0.05) is 23.6 Å². The second kappa shape index (κ2) is 7.11. The molecule has 2 N–H and O–H groups in total. The van der Waals surface area contributed by atoms with E-state index in [2.05, 4.69) is 22.0 Å². The van der Waals surface area contributed by atoms with E-state index in [-0.39, 0.29) is 18.1 Å². The molecule has 0 aliphatic carbocycles. The Labute approximate surface area is 125 Å². The third-order valence-corrected chi connectivity index (χ3v) is 3.73. The first-order valence-electron chi connectivity index (χ1n) is 6.23. The molecule has 0 radical (unpaired) electrons. The summed E-state index contributed by atoms with van der Waals surface area (Å²) in [6.07, 6.45) is 0.357. The SMILES string of the molecule is Cn1c(SCc2cc(F)cc(C#CCCO)c2)n[nH]c1=O. The highest BCUT2D eigenvalue weighted by Crippen LogP contribution is 2.20. The van der Waals surface area contributed by atoms with E-state index in [4.69, 9.17) is 5.11 Å². The van der Waals surface area contributed by atoms with Crippen LogP contribution in [0.25, 0.3) is 0 Å². The minimum atomic E-state index is -0.364. The molecule has 0 fully saturated rings. The van der Waals surface area contributed by atoms with Crippen molar-refractivity contribution in [1.29, 1.82) is 0 Å². The molecule has 0 aliphatic heterocycles. The predicted octanol–water partition coefficient (Wildman–Crippen LogP) is 1.27. The lowest BCUT2D eigenvalue weighted by Crippen LogP contribution is -2.12. The van der Waals surface area contributed by atoms with E-state index in [0.29, 0.717) is 22.9 Å². The van der Waals surface area contributed by atoms with Gasteiger partial charge in [0.2, 0.25) is 0 Å². The lowest BCUT2D eigenvalue weighted by atomic mass is 10.1. The molecular weight excluding hydrogens is 293 g/mol. The summed E-state index contributed by atoms with van der Waals surface area (Å²) >= 11 is 1.33. The molecule has 7 heteroatoms. The van der Waals surface area contributed by atoms with Crippen molar-refractivity contribution in [3.63, 3.8) is 0 Å². The number of nitrogens with zero attached hydrogens (tertiary/aromatic N) is 2. The number of hydrogen-bond donors (Lipinski definition) is 2. The highest BCUT2D eigenvalue weighted by molar-refractivity contribution is 7.98. The summed E-state index contributed by atoms with van der Waals surface area (Å²) in [5.41, 5.74) is 1.03. The Kier molecular flexibility index (Phi) is 5.20. The summed E-state index contributed by atoms with van der Waals surface area (Å²) in [7, 11) is 1.62. The van der Waals surface area contributed by atoms with Gasteiger partial charge in [-0.2, -0.15) is 0 Å². The van der Waals surface area contributed by atoms with Crippen molar-refractivity contribution < 1.29 is 9.50 Å². The third-order valence-electron chi connectivity index (χ3n) is 2.63. The van der Waals surface area contributed by atoms with Crippen molar-refractivity contribution >= 4 is 11.8 Å². The summed E-state index contributed by atoms with van der Waals surface area (Å²) in [4.78, 5) is 11.2. The molecule has 0 atom stereocenters. The first-order valence-corrected chi connectivity index (χ1v) is 7.22. The van der Waals surface area contributed by atoms with E-state index in [1.807, 2.05) is 0 Å². The van der Waals surface area contributed by atoms with E-state index >= 15 is 0 Å². The van der Waals surface area contributed by atoms with Gasteiger partial charge in [-0.3, -0.25) is 4.57 Å². The Morgan fingerprint density at radius 1 is 1.48 bits per heavy atom. The number of rotatable bonds is 4. The Hall–Kier alpha value is -2.04. The Morgan fingerprint density at radius 3 is 2.95 bits per heavy atom. The fourth-order valence-electron chi connectivity index (χ4n) is 1.64. The van der Waals surface area contributed by atoms with Gasteiger partial charge in [-0.05, 0) is 23.8 Å². The van der Waals surface area contributed by atoms with Gasteiger partial charge in [0.05, 0.1) is 6.61 Å². The molecule has 1 aromatic heterocycles. The summed E-state index contributed by atoms with van der Waals surface area (Å²) < 4.78 is 14.9. The molecule has 5 nitrogen and oxygen atoms in total. The first kappa shape index (κ1) is 15.4. The molecule has 0 bridgehead atoms. The average molecular weight is 307 g/mol. The van der Waals surface area contributed by atoms with E-state index in [1.54, 1.807) is 13.1 Å². The minimum Gasteiger partial charge on any atom is -0.395 e. The van der Waals surface area contributed by atoms with Crippen LogP contribution in [-0.4, -0.2) is 26.5 Å². The molecule has 0 saturated carbocycles. The van der Waals surface area contributed by atoms with Crippen molar-refractivity contribution in [2.75, 3.05) is 6.61 Å². The van der Waals surface area contributed by atoms with Crippen molar-refractivity contribution in [2.24, 2.45) is 7.05 Å². The van der Waals surface area contributed by atoms with Crippen molar-refractivity contribution in [1.82, 2.24) is 14.8 Å². The third kappa shape index (κ3) is 4.21. The molecule has 21 heavy (non-hydrogen) atoms. The Morgan fingerprint density at radius 2 is 2.29 bits per heavy atom. The van der Waals surface area contributed by atoms with Crippen LogP contribution in [0.1, 0.15) is 17.5 Å². The maximum Gasteiger partial charge on any atom is 0.343 e. The van der Waals surface area contributed by atoms with Gasteiger partial charge < -0.3 is 5.11 Å². The molecule has 2 aromatic rings. The molecule has 1 heterocycles. The Balaban J connectivity index is 2.11. The monoisotopic (exact) mass is 307 g/mol. The quantitative estimate of drug-likeness (QED) is 0.659. The summed E-state index contributed by atoms with van der Waals surface area (Å²) in [5, 5.41) is 15.4. The van der Waals surface area contributed by atoms with Gasteiger partial charge in [0.1, 0.15) is 5.82 Å². The van der Waals surface area contributed by atoms with Gasteiger partial charge in [0.15, 0.2) is 5.16 Å². The van der Waals surface area contributed by atoms with Crippen LogP contribution < -0.4 is 5.69 Å². The van der Waals surface area contributed by atoms with Gasteiger partial charge >= 0.3 is 5.69 Å². The summed E-state index contributed by atoms with van der Waals surface area (Å²) in [5.74, 6) is 5.67. The number of aliphatic hydroxyl groups is 1. The number of aliphatic hydroxyl groups excluding tert-OH is 1. The second-order valence-corrected chi connectivity index (χ2v) is 5.23. The number of H-pyrrole nitrogens is 1. The maximum atomic E-state index is 13.5. The number of nitrogens with one attached hydrogen (secondary N) is 1. The molecule has 1 aromatic carbocycles. The zero-order valence-corrected chi connectivity index (χ0v) is 12.2. The molecule has 0 amide bonds. The largest absolute Gasteiger partial charge is 0.395 e. The smallest absolute Gasteiger partial charge is 0.343 e. The fraction of sp³-hybridized carbons (Fsp3) is 0.286. The van der Waals surface area contributed by atoms with Crippen molar-refractivity contribution in [3.05, 3.63) is 45.6 Å². The molecular formula is C14H14FN3O2S. The number of halogens is 1. The van der Waals surface area contributed by atoms with Crippen molar-refractivity contribution in [3.8, 4) is 11.8 Å². The zero-order chi connectivity index (χ0) is 15.2. The van der Waals surface area contributed by atoms with Crippen LogP contribution >= 0.6 is 11.8 Å². The standard InChI is InChI=1S/C14H14FN3O2S/c1-18-13(20)16-17-14(18)21-9-11-6-10(4-2-3-5-19)7-12(15)8-11/h6-8,19H,3,5,9H2,1H3,(H,16,20). The first-order chi connectivity index (χ1) is 10.1. The fourth-order valence-corrected chi connectivity index (χ4v) is 2.49. The van der Waals surface area contributed by atoms with E-state index in [9.17, 15) is 9.18 Å². The van der Waals surface area contributed by atoms with Gasteiger partial charge in [-0.25, -0.2) is 14.3 Å². The predicted molar refractivity (Wildman–Crippen MR) is 78.4 cm³/mol. The molecule has 110 valence electrons. The second-order valence-electron chi connectivity index (χ2n) is 4.28. The molecule has 0 saturated heterocycles. The van der Waals surface area contributed by atoms with Crippen LogP contribution in [0.3, 0.4) is 0 Å². The number of hydrogen-bond acceptors (Lipinski definition) is 4. The van der Waals surface area contributed by atoms with Crippen LogP contribution in [0.2, 0.25) is 0 Å². The molecule has 0 aliphatic rings. The van der Waals surface area contributed by atoms with Crippen LogP contribution in [0.15, 0.2) is 28.2 Å². The van der Waals surface area contributed by atoms with Crippen LogP contribution in [-0.2, 0) is 12.8 Å². The number of benzene rings is 1. The minimum absolute atomic E-state index is 0.0157. The average Bonchev–Trinajstić information content (AvgIpc) is 2.76. The van der Waals surface area contributed by atoms with Gasteiger partial charge in [0, 0.05) is 24.8 Å². The van der Waals surface area contributed by atoms with Crippen LogP contribution in [0, 0.1) is 17.7 Å². The van der Waals surface area contributed by atoms with Gasteiger partial charge in [-0.15, -0.1) is 5.10 Å². The zero-order valence-electron chi connectivity index (χ0n) is 11.4. The lowest BCUT2D eigenvalue weighted by molar-refractivity contribution is 0.305. The lowest BCUT2D eigenvalue weighted by Gasteiger charge is -2.02. The maximum absolute atomic E-state index is 13.5. The normalized spacial score (nSPS) is 10.2. The number of aromatic amines is 1. The van der Waals surface area contributed by atoms with E-state index in [1.165, 1.54) is 28.5 Å².